The van der Waals surface area contributed by atoms with Crippen LogP contribution in [-0.2, 0) is 10.0 Å². The van der Waals surface area contributed by atoms with Gasteiger partial charge in [-0.25, -0.2) is 17.8 Å². The van der Waals surface area contributed by atoms with Crippen LogP contribution in [0.3, 0.4) is 0 Å². The summed E-state index contributed by atoms with van der Waals surface area (Å²) < 4.78 is 40.8. The van der Waals surface area contributed by atoms with Crippen molar-refractivity contribution in [1.29, 1.82) is 0 Å². The lowest BCUT2D eigenvalue weighted by atomic mass is 10.2. The quantitative estimate of drug-likeness (QED) is 0.914. The van der Waals surface area contributed by atoms with Crippen molar-refractivity contribution < 1.29 is 12.8 Å². The molecule has 1 aromatic carbocycles. The number of sulfonamides is 1. The average molecular weight is 359 g/mol. The third-order valence-corrected chi connectivity index (χ3v) is 4.64. The van der Waals surface area contributed by atoms with E-state index in [0.717, 1.165) is 10.5 Å². The average Bonchev–Trinajstić information content (AvgIpc) is 2.32. The first-order chi connectivity index (χ1) is 9.29. The second-order valence-electron chi connectivity index (χ2n) is 4.33. The molecule has 0 aliphatic carbocycles. The minimum Gasteiger partial charge on any atom is -0.263 e. The predicted octanol–water partition coefficient (Wildman–Crippen LogP) is 3.40. The van der Waals surface area contributed by atoms with Crippen LogP contribution in [-0.4, -0.2) is 13.4 Å². The maximum absolute atomic E-state index is 13.0. The van der Waals surface area contributed by atoms with Gasteiger partial charge < -0.3 is 0 Å². The van der Waals surface area contributed by atoms with Crippen molar-refractivity contribution in [2.24, 2.45) is 0 Å². The van der Waals surface area contributed by atoms with Gasteiger partial charge in [0.2, 0.25) is 0 Å². The molecule has 0 amide bonds. The van der Waals surface area contributed by atoms with Gasteiger partial charge in [-0.15, -0.1) is 0 Å². The molecule has 2 aromatic rings. The number of hydrogen-bond donors (Lipinski definition) is 1. The standard InChI is InChI=1S/C13H12BrFN2O2S/c1-8-6-11(15)3-4-12(8)20(18,19)17-13-9(2)5-10(14)7-16-13/h3-7H,1-2H3,(H,16,17). The van der Waals surface area contributed by atoms with E-state index in [0.29, 0.717) is 11.1 Å². The van der Waals surface area contributed by atoms with Crippen molar-refractivity contribution in [3.63, 3.8) is 0 Å². The smallest absolute Gasteiger partial charge is 0.263 e. The van der Waals surface area contributed by atoms with E-state index in [2.05, 4.69) is 25.6 Å². The number of rotatable bonds is 3. The minimum absolute atomic E-state index is 0.0306. The highest BCUT2D eigenvalue weighted by atomic mass is 79.9. The molecule has 20 heavy (non-hydrogen) atoms. The Balaban J connectivity index is 2.41. The van der Waals surface area contributed by atoms with E-state index < -0.39 is 15.8 Å². The summed E-state index contributed by atoms with van der Waals surface area (Å²) in [5.41, 5.74) is 1.02. The van der Waals surface area contributed by atoms with Crippen molar-refractivity contribution in [3.8, 4) is 0 Å². The fourth-order valence-electron chi connectivity index (χ4n) is 1.74. The lowest BCUT2D eigenvalue weighted by Gasteiger charge is -2.11. The van der Waals surface area contributed by atoms with Gasteiger partial charge in [0.25, 0.3) is 10.0 Å². The molecule has 106 valence electrons. The zero-order valence-corrected chi connectivity index (χ0v) is 13.2. The van der Waals surface area contributed by atoms with Crippen LogP contribution < -0.4 is 4.72 Å². The number of benzene rings is 1. The molecule has 0 saturated heterocycles. The van der Waals surface area contributed by atoms with Crippen LogP contribution in [0.5, 0.6) is 0 Å². The molecule has 0 spiro atoms. The summed E-state index contributed by atoms with van der Waals surface area (Å²) >= 11 is 3.26. The number of nitrogens with one attached hydrogen (secondary N) is 1. The Hall–Kier alpha value is -1.47. The molecule has 0 fully saturated rings. The third kappa shape index (κ3) is 3.16. The van der Waals surface area contributed by atoms with Gasteiger partial charge in [0.15, 0.2) is 0 Å². The molecule has 4 nitrogen and oxygen atoms in total. The molecule has 1 aromatic heterocycles. The van der Waals surface area contributed by atoms with Gasteiger partial charge in [-0.3, -0.25) is 4.72 Å². The van der Waals surface area contributed by atoms with Crippen LogP contribution >= 0.6 is 15.9 Å². The molecule has 0 bridgehead atoms. The lowest BCUT2D eigenvalue weighted by molar-refractivity contribution is 0.598. The number of pyridine rings is 1. The maximum Gasteiger partial charge on any atom is 0.263 e. The summed E-state index contributed by atoms with van der Waals surface area (Å²) in [6.45, 7) is 3.28. The van der Waals surface area contributed by atoms with E-state index in [1.165, 1.54) is 18.3 Å². The number of hydrogen-bond acceptors (Lipinski definition) is 3. The first kappa shape index (κ1) is 14.9. The topological polar surface area (TPSA) is 59.1 Å². The van der Waals surface area contributed by atoms with Crippen LogP contribution in [0.2, 0.25) is 0 Å². The fourth-order valence-corrected chi connectivity index (χ4v) is 3.50. The van der Waals surface area contributed by atoms with E-state index in [4.69, 9.17) is 0 Å². The van der Waals surface area contributed by atoms with Gasteiger partial charge in [0, 0.05) is 10.7 Å². The van der Waals surface area contributed by atoms with Gasteiger partial charge in [-0.1, -0.05) is 0 Å². The Bertz CT molecular complexity index is 763. The number of aromatic nitrogens is 1. The first-order valence-electron chi connectivity index (χ1n) is 5.71. The first-order valence-corrected chi connectivity index (χ1v) is 7.98. The summed E-state index contributed by atoms with van der Waals surface area (Å²) in [7, 11) is -3.79. The number of nitrogens with zero attached hydrogens (tertiary/aromatic N) is 1. The number of halogens is 2. The summed E-state index contributed by atoms with van der Waals surface area (Å²) in [5.74, 6) is -0.226. The molecule has 2 rings (SSSR count). The fraction of sp³-hybridized carbons (Fsp3) is 0.154. The molecule has 1 N–H and O–H groups in total. The Labute approximate surface area is 125 Å². The minimum atomic E-state index is -3.79. The van der Waals surface area contributed by atoms with Crippen molar-refractivity contribution >= 4 is 31.8 Å². The van der Waals surface area contributed by atoms with Crippen LogP contribution in [0.1, 0.15) is 11.1 Å². The second kappa shape index (κ2) is 5.49. The van der Waals surface area contributed by atoms with Crippen LogP contribution in [0, 0.1) is 19.7 Å². The molecular weight excluding hydrogens is 347 g/mol. The molecular formula is C13H12BrFN2O2S. The van der Waals surface area contributed by atoms with Gasteiger partial charge in [-0.05, 0) is 65.2 Å². The highest BCUT2D eigenvalue weighted by molar-refractivity contribution is 9.10. The van der Waals surface area contributed by atoms with E-state index in [-0.39, 0.29) is 10.7 Å². The summed E-state index contributed by atoms with van der Waals surface area (Å²) in [6.07, 6.45) is 1.50. The highest BCUT2D eigenvalue weighted by Gasteiger charge is 2.18. The molecule has 1 heterocycles. The lowest BCUT2D eigenvalue weighted by Crippen LogP contribution is -2.16. The van der Waals surface area contributed by atoms with E-state index in [1.54, 1.807) is 19.9 Å². The molecule has 0 unspecified atom stereocenters. The summed E-state index contributed by atoms with van der Waals surface area (Å²) in [4.78, 5) is 4.06. The van der Waals surface area contributed by atoms with E-state index in [9.17, 15) is 12.8 Å². The van der Waals surface area contributed by atoms with Gasteiger partial charge >= 0.3 is 0 Å². The normalized spacial score (nSPS) is 11.4. The van der Waals surface area contributed by atoms with Gasteiger partial charge in [-0.2, -0.15) is 0 Å². The Kier molecular flexibility index (Phi) is 4.10. The predicted molar refractivity (Wildman–Crippen MR) is 78.6 cm³/mol. The molecule has 0 atom stereocenters. The van der Waals surface area contributed by atoms with Crippen molar-refractivity contribution in [2.45, 2.75) is 18.7 Å². The highest BCUT2D eigenvalue weighted by Crippen LogP contribution is 2.22. The second-order valence-corrected chi connectivity index (χ2v) is 6.90. The zero-order chi connectivity index (χ0) is 14.9. The monoisotopic (exact) mass is 358 g/mol. The van der Waals surface area contributed by atoms with E-state index >= 15 is 0 Å². The Morgan fingerprint density at radius 2 is 1.90 bits per heavy atom. The number of anilines is 1. The molecule has 0 aliphatic heterocycles. The Morgan fingerprint density at radius 1 is 1.20 bits per heavy atom. The van der Waals surface area contributed by atoms with Crippen molar-refractivity contribution in [3.05, 3.63) is 51.9 Å². The molecule has 0 aliphatic rings. The SMILES string of the molecule is Cc1cc(F)ccc1S(=O)(=O)Nc1ncc(Br)cc1C. The zero-order valence-electron chi connectivity index (χ0n) is 10.8. The van der Waals surface area contributed by atoms with Gasteiger partial charge in [0.05, 0.1) is 4.90 Å². The van der Waals surface area contributed by atoms with E-state index in [1.807, 2.05) is 0 Å². The Morgan fingerprint density at radius 3 is 2.50 bits per heavy atom. The molecule has 0 saturated carbocycles. The van der Waals surface area contributed by atoms with Crippen molar-refractivity contribution in [1.82, 2.24) is 4.98 Å². The summed E-state index contributed by atoms with van der Waals surface area (Å²) in [6, 6.07) is 5.28. The van der Waals surface area contributed by atoms with Crippen LogP contribution in [0.25, 0.3) is 0 Å². The maximum atomic E-state index is 13.0. The van der Waals surface area contributed by atoms with Crippen LogP contribution in [0.15, 0.2) is 39.8 Å². The largest absolute Gasteiger partial charge is 0.263 e. The van der Waals surface area contributed by atoms with Crippen LogP contribution in [0.4, 0.5) is 10.2 Å². The molecule has 7 heteroatoms. The third-order valence-electron chi connectivity index (χ3n) is 2.70. The van der Waals surface area contributed by atoms with Crippen molar-refractivity contribution in [2.75, 3.05) is 4.72 Å². The van der Waals surface area contributed by atoms with Gasteiger partial charge in [0.1, 0.15) is 11.6 Å². The summed E-state index contributed by atoms with van der Waals surface area (Å²) in [5, 5.41) is 0. The molecule has 0 radical (unpaired) electrons. The number of aryl methyl sites for hydroxylation is 2.